The summed E-state index contributed by atoms with van der Waals surface area (Å²) in [5, 5.41) is 66.2. The zero-order valence-corrected chi connectivity index (χ0v) is 27.9. The molecule has 6 aromatic rings. The number of aliphatic hydroxyl groups is 2. The summed E-state index contributed by atoms with van der Waals surface area (Å²) in [4.78, 5) is 32.8. The van der Waals surface area contributed by atoms with Crippen LogP contribution in [0.3, 0.4) is 0 Å². The van der Waals surface area contributed by atoms with Gasteiger partial charge >= 0.3 is 0 Å². The predicted molar refractivity (Wildman–Crippen MR) is 191 cm³/mol. The Labute approximate surface area is 294 Å². The van der Waals surface area contributed by atoms with E-state index in [0.29, 0.717) is 32.8 Å². The number of aromatic nitrogens is 2. The number of carbonyl (C=O) groups is 2. The monoisotopic (exact) mass is 712 g/mol. The van der Waals surface area contributed by atoms with Crippen LogP contribution >= 0.6 is 22.7 Å². The molecule has 4 aromatic carbocycles. The van der Waals surface area contributed by atoms with Gasteiger partial charge in [-0.2, -0.15) is 0 Å². The Kier molecular flexibility index (Phi) is 11.7. The molecule has 8 N–H and O–H groups in total. The predicted octanol–water partition coefficient (Wildman–Crippen LogP) is 5.79. The fourth-order valence-electron chi connectivity index (χ4n) is 4.61. The van der Waals surface area contributed by atoms with E-state index in [1.54, 1.807) is 71.4 Å². The average Bonchev–Trinajstić information content (AvgIpc) is 3.75. The van der Waals surface area contributed by atoms with Crippen LogP contribution in [0.5, 0.6) is 23.0 Å². The van der Waals surface area contributed by atoms with E-state index in [2.05, 4.69) is 20.6 Å². The molecule has 0 fully saturated rings. The maximum atomic E-state index is 12.1. The molecule has 14 heteroatoms. The molecule has 0 saturated carbocycles. The summed E-state index contributed by atoms with van der Waals surface area (Å²) in [7, 11) is 0. The van der Waals surface area contributed by atoms with Crippen molar-refractivity contribution >= 4 is 44.8 Å². The van der Waals surface area contributed by atoms with E-state index in [9.17, 15) is 30.0 Å². The maximum Gasteiger partial charge on any atom is 0.230 e. The number of amides is 2. The third kappa shape index (κ3) is 9.64. The van der Waals surface area contributed by atoms with Gasteiger partial charge in [0, 0.05) is 34.0 Å². The molecule has 12 nitrogen and oxygen atoms in total. The quantitative estimate of drug-likeness (QED) is 0.0858. The van der Waals surface area contributed by atoms with Gasteiger partial charge in [-0.15, -0.1) is 22.7 Å². The lowest BCUT2D eigenvalue weighted by molar-refractivity contribution is -0.116. The number of phenols is 4. The summed E-state index contributed by atoms with van der Waals surface area (Å²) >= 11 is 2.51. The van der Waals surface area contributed by atoms with Crippen molar-refractivity contribution in [3.05, 3.63) is 118 Å². The highest BCUT2D eigenvalue weighted by Crippen LogP contribution is 2.35. The van der Waals surface area contributed by atoms with Gasteiger partial charge in [0.2, 0.25) is 11.8 Å². The first-order valence-corrected chi connectivity index (χ1v) is 16.8. The fraction of sp³-hybridized carbons (Fsp3) is 0.111. The molecule has 0 unspecified atom stereocenters. The molecule has 256 valence electrons. The Hall–Kier alpha value is -5.80. The van der Waals surface area contributed by atoms with Gasteiger partial charge in [0.1, 0.15) is 23.0 Å². The van der Waals surface area contributed by atoms with Gasteiger partial charge < -0.3 is 41.3 Å². The lowest BCUT2D eigenvalue weighted by Crippen LogP contribution is -2.14. The molecule has 0 aliphatic carbocycles. The summed E-state index contributed by atoms with van der Waals surface area (Å²) in [6.45, 7) is -0.0586. The van der Waals surface area contributed by atoms with Crippen LogP contribution in [0.1, 0.15) is 22.3 Å². The van der Waals surface area contributed by atoms with Crippen LogP contribution in [-0.2, 0) is 35.6 Å². The summed E-state index contributed by atoms with van der Waals surface area (Å²) < 4.78 is 0. The number of rotatable bonds is 10. The summed E-state index contributed by atoms with van der Waals surface area (Å²) in [6.07, 6.45) is 0.399. The first-order chi connectivity index (χ1) is 24.1. The van der Waals surface area contributed by atoms with Crippen LogP contribution < -0.4 is 10.6 Å². The number of aromatic hydroxyl groups is 4. The molecule has 2 amide bonds. The standard InChI is InChI=1S/2C18H16N2O4S/c2*21-9-12-3-1-11(2-4-12)7-17(24)20-18-19-15(10-25-18)14-6-5-13(22)8-16(14)23/h2*1-6,8,10,21-23H,7,9H2,(H,19,20,24). The maximum absolute atomic E-state index is 12.1. The van der Waals surface area contributed by atoms with Crippen molar-refractivity contribution in [3.63, 3.8) is 0 Å². The van der Waals surface area contributed by atoms with E-state index in [4.69, 9.17) is 10.2 Å². The van der Waals surface area contributed by atoms with E-state index in [-0.39, 0.29) is 60.9 Å². The second-order valence-electron chi connectivity index (χ2n) is 10.9. The third-order valence-electron chi connectivity index (χ3n) is 7.16. The first-order valence-electron chi connectivity index (χ1n) is 15.0. The first kappa shape index (κ1) is 35.5. The van der Waals surface area contributed by atoms with Crippen molar-refractivity contribution in [2.45, 2.75) is 26.1 Å². The largest absolute Gasteiger partial charge is 0.508 e. The van der Waals surface area contributed by atoms with Gasteiger partial charge in [-0.3, -0.25) is 9.59 Å². The zero-order chi connectivity index (χ0) is 35.6. The molecule has 6 rings (SSSR count). The lowest BCUT2D eigenvalue weighted by Gasteiger charge is -2.04. The Balaban J connectivity index is 0.000000194. The minimum atomic E-state index is -0.201. The van der Waals surface area contributed by atoms with Gasteiger partial charge in [0.15, 0.2) is 10.3 Å². The summed E-state index contributed by atoms with van der Waals surface area (Å²) in [5.41, 5.74) is 5.26. The molecule has 0 saturated heterocycles. The number of nitrogens with one attached hydrogen (secondary N) is 2. The summed E-state index contributed by atoms with van der Waals surface area (Å²) in [5.74, 6) is -0.617. The molecule has 50 heavy (non-hydrogen) atoms. The highest BCUT2D eigenvalue weighted by Gasteiger charge is 2.13. The Morgan fingerprint density at radius 2 is 0.900 bits per heavy atom. The third-order valence-corrected chi connectivity index (χ3v) is 8.67. The van der Waals surface area contributed by atoms with Crippen molar-refractivity contribution < 1.29 is 40.2 Å². The number of aliphatic hydroxyl groups excluding tert-OH is 2. The van der Waals surface area contributed by atoms with Gasteiger partial charge in [0.25, 0.3) is 0 Å². The SMILES string of the molecule is O=C(Cc1ccc(CO)cc1)Nc1nc(-c2ccc(O)cc2O)cs1.O=C(Cc1ccc(CO)cc1)Nc1nc(-c2ccc(O)cc2O)cs1. The highest BCUT2D eigenvalue weighted by molar-refractivity contribution is 7.14. The molecule has 0 bridgehead atoms. The number of nitrogens with zero attached hydrogens (tertiary/aromatic N) is 2. The summed E-state index contributed by atoms with van der Waals surface area (Å²) in [6, 6.07) is 22.8. The average molecular weight is 713 g/mol. The number of hydrogen-bond acceptors (Lipinski definition) is 12. The Morgan fingerprint density at radius 3 is 1.24 bits per heavy atom. The zero-order valence-electron chi connectivity index (χ0n) is 26.3. The van der Waals surface area contributed by atoms with Gasteiger partial charge in [-0.05, 0) is 46.5 Å². The van der Waals surface area contributed by atoms with Crippen molar-refractivity contribution in [1.29, 1.82) is 0 Å². The van der Waals surface area contributed by atoms with E-state index in [0.717, 1.165) is 22.3 Å². The van der Waals surface area contributed by atoms with Crippen molar-refractivity contribution in [2.75, 3.05) is 10.6 Å². The smallest absolute Gasteiger partial charge is 0.230 e. The van der Waals surface area contributed by atoms with Gasteiger partial charge in [-0.25, -0.2) is 9.97 Å². The number of phenolic OH excluding ortho intramolecular Hbond substituents is 4. The molecular formula is C36H32N4O8S2. The molecule has 0 spiro atoms. The minimum absolute atomic E-state index is 0.0293. The van der Waals surface area contributed by atoms with Crippen molar-refractivity contribution in [2.24, 2.45) is 0 Å². The number of carbonyl (C=O) groups excluding carboxylic acids is 2. The molecule has 2 aromatic heterocycles. The molecule has 2 heterocycles. The van der Waals surface area contributed by atoms with E-state index < -0.39 is 0 Å². The second kappa shape index (κ2) is 16.5. The molecular weight excluding hydrogens is 681 g/mol. The van der Waals surface area contributed by atoms with Gasteiger partial charge in [-0.1, -0.05) is 48.5 Å². The van der Waals surface area contributed by atoms with Crippen molar-refractivity contribution in [3.8, 4) is 45.5 Å². The fourth-order valence-corrected chi connectivity index (χ4v) is 6.06. The van der Waals surface area contributed by atoms with Gasteiger partial charge in [0.05, 0.1) is 37.4 Å². The molecule has 0 atom stereocenters. The van der Waals surface area contributed by atoms with E-state index in [1.807, 2.05) is 0 Å². The number of thiazole rings is 2. The van der Waals surface area contributed by atoms with Crippen LogP contribution in [0.15, 0.2) is 95.7 Å². The van der Waals surface area contributed by atoms with Crippen molar-refractivity contribution in [1.82, 2.24) is 9.97 Å². The highest BCUT2D eigenvalue weighted by atomic mass is 32.1. The van der Waals surface area contributed by atoms with E-state index >= 15 is 0 Å². The number of anilines is 2. The number of hydrogen-bond donors (Lipinski definition) is 8. The molecule has 0 radical (unpaired) electrons. The molecule has 0 aliphatic rings. The van der Waals surface area contributed by atoms with Crippen LogP contribution in [0.25, 0.3) is 22.5 Å². The Bertz CT molecular complexity index is 1930. The Morgan fingerprint density at radius 1 is 0.540 bits per heavy atom. The normalized spacial score (nSPS) is 10.6. The lowest BCUT2D eigenvalue weighted by atomic mass is 10.1. The van der Waals surface area contributed by atoms with E-state index in [1.165, 1.54) is 46.9 Å². The minimum Gasteiger partial charge on any atom is -0.508 e. The van der Waals surface area contributed by atoms with Crippen LogP contribution in [0.2, 0.25) is 0 Å². The molecule has 0 aliphatic heterocycles. The van der Waals surface area contributed by atoms with Crippen LogP contribution in [0, 0.1) is 0 Å². The second-order valence-corrected chi connectivity index (χ2v) is 12.6. The number of benzene rings is 4. The van der Waals surface area contributed by atoms with Crippen LogP contribution in [-0.4, -0.2) is 52.4 Å². The van der Waals surface area contributed by atoms with Crippen LogP contribution in [0.4, 0.5) is 10.3 Å². The topological polar surface area (TPSA) is 205 Å².